The van der Waals surface area contributed by atoms with Crippen LogP contribution in [0.25, 0.3) is 0 Å². The third-order valence-corrected chi connectivity index (χ3v) is 4.16. The van der Waals surface area contributed by atoms with Gasteiger partial charge >= 0.3 is 0 Å². The molecule has 1 amide bonds. The number of hydrogen-bond acceptors (Lipinski definition) is 2. The highest BCUT2D eigenvalue weighted by Gasteiger charge is 2.18. The van der Waals surface area contributed by atoms with Gasteiger partial charge in [0.25, 0.3) is 5.91 Å². The molecule has 0 aliphatic rings. The summed E-state index contributed by atoms with van der Waals surface area (Å²) in [5.74, 6) is 0.727. The Morgan fingerprint density at radius 2 is 1.76 bits per heavy atom. The second-order valence-electron chi connectivity index (χ2n) is 6.72. The minimum absolute atomic E-state index is 0.0362. The molecule has 0 saturated heterocycles. The molecule has 0 aliphatic heterocycles. The number of ether oxygens (including phenoxy) is 1. The fourth-order valence-electron chi connectivity index (χ4n) is 2.97. The maximum absolute atomic E-state index is 12.4. The first kappa shape index (κ1) is 19.0. The molecule has 0 aromatic heterocycles. The van der Waals surface area contributed by atoms with Crippen LogP contribution in [0.15, 0.2) is 42.5 Å². The van der Waals surface area contributed by atoms with Gasteiger partial charge in [-0.25, -0.2) is 0 Å². The Morgan fingerprint density at radius 3 is 2.40 bits per heavy atom. The number of hydrogen-bond donors (Lipinski definition) is 1. The van der Waals surface area contributed by atoms with Crippen LogP contribution in [0.1, 0.15) is 42.0 Å². The molecular weight excluding hydrogens is 310 g/mol. The molecule has 1 atom stereocenters. The number of nitrogens with one attached hydrogen (secondary N) is 1. The van der Waals surface area contributed by atoms with E-state index in [4.69, 9.17) is 4.74 Å². The van der Waals surface area contributed by atoms with E-state index in [-0.39, 0.29) is 5.91 Å². The summed E-state index contributed by atoms with van der Waals surface area (Å²) in [4.78, 5) is 12.4. The van der Waals surface area contributed by atoms with Gasteiger partial charge in [0.2, 0.25) is 0 Å². The average Bonchev–Trinajstić information content (AvgIpc) is 2.55. The molecular formula is C22H29NO2. The highest BCUT2D eigenvalue weighted by atomic mass is 16.5. The van der Waals surface area contributed by atoms with Crippen LogP contribution in [0.2, 0.25) is 0 Å². The van der Waals surface area contributed by atoms with Gasteiger partial charge < -0.3 is 10.1 Å². The van der Waals surface area contributed by atoms with Crippen LogP contribution >= 0.6 is 0 Å². The van der Waals surface area contributed by atoms with Crippen molar-refractivity contribution in [1.29, 1.82) is 0 Å². The Balaban J connectivity index is 1.81. The van der Waals surface area contributed by atoms with Crippen LogP contribution in [-0.2, 0) is 11.2 Å². The second kappa shape index (κ2) is 9.26. The Labute approximate surface area is 151 Å². The van der Waals surface area contributed by atoms with Crippen LogP contribution < -0.4 is 10.1 Å². The van der Waals surface area contributed by atoms with E-state index in [9.17, 15) is 4.79 Å². The van der Waals surface area contributed by atoms with E-state index < -0.39 is 6.10 Å². The molecule has 0 saturated carbocycles. The van der Waals surface area contributed by atoms with Crippen molar-refractivity contribution in [2.24, 2.45) is 0 Å². The van der Waals surface area contributed by atoms with E-state index in [0.29, 0.717) is 13.0 Å². The molecule has 2 aromatic carbocycles. The smallest absolute Gasteiger partial charge is 0.261 e. The van der Waals surface area contributed by atoms with E-state index in [1.165, 1.54) is 11.1 Å². The number of aryl methyl sites for hydroxylation is 4. The van der Waals surface area contributed by atoms with Crippen LogP contribution in [0.4, 0.5) is 0 Å². The number of benzene rings is 2. The van der Waals surface area contributed by atoms with Crippen LogP contribution in [-0.4, -0.2) is 18.6 Å². The summed E-state index contributed by atoms with van der Waals surface area (Å²) in [6.07, 6.45) is 2.10. The summed E-state index contributed by atoms with van der Waals surface area (Å²) in [5.41, 5.74) is 4.87. The molecule has 0 fully saturated rings. The highest BCUT2D eigenvalue weighted by molar-refractivity contribution is 5.81. The Hall–Kier alpha value is -2.29. The fraction of sp³-hybridized carbons (Fsp3) is 0.409. The largest absolute Gasteiger partial charge is 0.481 e. The predicted octanol–water partition coefficient (Wildman–Crippen LogP) is 4.52. The maximum Gasteiger partial charge on any atom is 0.261 e. The van der Waals surface area contributed by atoms with Gasteiger partial charge in [0, 0.05) is 6.54 Å². The Bertz CT molecular complexity index is 689. The first-order valence-corrected chi connectivity index (χ1v) is 9.06. The number of rotatable bonds is 8. The van der Waals surface area contributed by atoms with E-state index >= 15 is 0 Å². The minimum atomic E-state index is -0.444. The average molecular weight is 339 g/mol. The third kappa shape index (κ3) is 6.26. The molecule has 0 unspecified atom stereocenters. The van der Waals surface area contributed by atoms with Crippen molar-refractivity contribution in [1.82, 2.24) is 5.32 Å². The van der Waals surface area contributed by atoms with Crippen molar-refractivity contribution in [3.8, 4) is 5.75 Å². The van der Waals surface area contributed by atoms with Crippen molar-refractivity contribution in [3.05, 3.63) is 64.7 Å². The zero-order valence-electron chi connectivity index (χ0n) is 15.8. The van der Waals surface area contributed by atoms with Gasteiger partial charge in [-0.1, -0.05) is 42.8 Å². The standard InChI is InChI=1S/C22H29NO2/c1-5-21(25-20-14-17(3)12-18(4)15-20)22(24)23-11-7-10-19-9-6-8-16(2)13-19/h6,8-9,12-15,21H,5,7,10-11H2,1-4H3,(H,23,24)/t21-/m1/s1. The summed E-state index contributed by atoms with van der Waals surface area (Å²) >= 11 is 0. The zero-order valence-corrected chi connectivity index (χ0v) is 15.8. The SMILES string of the molecule is CC[C@@H](Oc1cc(C)cc(C)c1)C(=O)NCCCc1cccc(C)c1. The summed E-state index contributed by atoms with van der Waals surface area (Å²) in [6, 6.07) is 14.5. The lowest BCUT2D eigenvalue weighted by molar-refractivity contribution is -0.128. The first-order valence-electron chi connectivity index (χ1n) is 9.06. The van der Waals surface area contributed by atoms with Gasteiger partial charge in [0.1, 0.15) is 5.75 Å². The minimum Gasteiger partial charge on any atom is -0.481 e. The van der Waals surface area contributed by atoms with E-state index in [1.54, 1.807) is 0 Å². The van der Waals surface area contributed by atoms with Crippen molar-refractivity contribution in [2.45, 2.75) is 53.1 Å². The number of carbonyl (C=O) groups is 1. The number of carbonyl (C=O) groups excluding carboxylic acids is 1. The summed E-state index contributed by atoms with van der Waals surface area (Å²) in [7, 11) is 0. The third-order valence-electron chi connectivity index (χ3n) is 4.16. The normalized spacial score (nSPS) is 11.8. The lowest BCUT2D eigenvalue weighted by Crippen LogP contribution is -2.38. The summed E-state index contributed by atoms with van der Waals surface area (Å²) in [6.45, 7) is 8.80. The molecule has 0 heterocycles. The van der Waals surface area contributed by atoms with Gasteiger partial charge in [-0.15, -0.1) is 0 Å². The van der Waals surface area contributed by atoms with Gasteiger partial charge in [0.15, 0.2) is 6.10 Å². The molecule has 3 heteroatoms. The lowest BCUT2D eigenvalue weighted by atomic mass is 10.1. The molecule has 0 aliphatic carbocycles. The highest BCUT2D eigenvalue weighted by Crippen LogP contribution is 2.18. The van der Waals surface area contributed by atoms with Crippen LogP contribution in [0.3, 0.4) is 0 Å². The number of amides is 1. The van der Waals surface area contributed by atoms with Gasteiger partial charge in [-0.2, -0.15) is 0 Å². The first-order chi connectivity index (χ1) is 12.0. The molecule has 134 valence electrons. The van der Waals surface area contributed by atoms with Crippen molar-refractivity contribution in [2.75, 3.05) is 6.54 Å². The van der Waals surface area contributed by atoms with Crippen LogP contribution in [0.5, 0.6) is 5.75 Å². The molecule has 3 nitrogen and oxygen atoms in total. The maximum atomic E-state index is 12.4. The Morgan fingerprint density at radius 1 is 1.04 bits per heavy atom. The van der Waals surface area contributed by atoms with Crippen molar-refractivity contribution < 1.29 is 9.53 Å². The van der Waals surface area contributed by atoms with Gasteiger partial charge in [-0.3, -0.25) is 4.79 Å². The molecule has 2 rings (SSSR count). The quantitative estimate of drug-likeness (QED) is 0.718. The molecule has 0 radical (unpaired) electrons. The summed E-state index contributed by atoms with van der Waals surface area (Å²) < 4.78 is 5.91. The molecule has 25 heavy (non-hydrogen) atoms. The fourth-order valence-corrected chi connectivity index (χ4v) is 2.97. The summed E-state index contributed by atoms with van der Waals surface area (Å²) in [5, 5.41) is 3.00. The monoisotopic (exact) mass is 339 g/mol. The molecule has 0 bridgehead atoms. The van der Waals surface area contributed by atoms with Gasteiger partial charge in [-0.05, 0) is 68.9 Å². The van der Waals surface area contributed by atoms with Crippen molar-refractivity contribution >= 4 is 5.91 Å². The van der Waals surface area contributed by atoms with E-state index in [1.807, 2.05) is 32.9 Å². The topological polar surface area (TPSA) is 38.3 Å². The predicted molar refractivity (Wildman–Crippen MR) is 103 cm³/mol. The van der Waals surface area contributed by atoms with Crippen molar-refractivity contribution in [3.63, 3.8) is 0 Å². The second-order valence-corrected chi connectivity index (χ2v) is 6.72. The van der Waals surface area contributed by atoms with E-state index in [2.05, 4.69) is 42.6 Å². The van der Waals surface area contributed by atoms with E-state index in [0.717, 1.165) is 29.7 Å². The molecule has 0 spiro atoms. The Kier molecular flexibility index (Phi) is 7.05. The van der Waals surface area contributed by atoms with Crippen LogP contribution in [0, 0.1) is 20.8 Å². The molecule has 1 N–H and O–H groups in total. The van der Waals surface area contributed by atoms with Gasteiger partial charge in [0.05, 0.1) is 0 Å². The zero-order chi connectivity index (χ0) is 18.2. The lowest BCUT2D eigenvalue weighted by Gasteiger charge is -2.18. The molecule has 2 aromatic rings.